The number of non-ortho nitro benzene ring substituents is 1. The van der Waals surface area contributed by atoms with Gasteiger partial charge in [-0.15, -0.1) is 0 Å². The topological polar surface area (TPSA) is 113 Å². The standard InChI is InChI=1S/C15H15N3O6S/c1-4-24-11-7-9(18(22)23)5-8(12(11)19)6-10-13(20)16(2)15(25)17(3)14(10)21/h5-7,19H,4H2,1-3H3. The number of benzene rings is 1. The molecule has 1 aromatic carbocycles. The summed E-state index contributed by atoms with van der Waals surface area (Å²) in [5.41, 5.74) is -0.707. The highest BCUT2D eigenvalue weighted by molar-refractivity contribution is 7.80. The van der Waals surface area contributed by atoms with Crippen molar-refractivity contribution < 1.29 is 24.4 Å². The Balaban J connectivity index is 2.62. The molecule has 2 rings (SSSR count). The van der Waals surface area contributed by atoms with Gasteiger partial charge in [0, 0.05) is 25.7 Å². The molecule has 25 heavy (non-hydrogen) atoms. The summed E-state index contributed by atoms with van der Waals surface area (Å²) in [6.07, 6.45) is 1.09. The molecule has 1 fully saturated rings. The largest absolute Gasteiger partial charge is 0.504 e. The molecule has 9 nitrogen and oxygen atoms in total. The number of hydrogen-bond acceptors (Lipinski definition) is 7. The van der Waals surface area contributed by atoms with Gasteiger partial charge in [-0.1, -0.05) is 0 Å². The predicted molar refractivity (Wildman–Crippen MR) is 92.0 cm³/mol. The first-order valence-electron chi connectivity index (χ1n) is 7.15. The Hall–Kier alpha value is -3.01. The lowest BCUT2D eigenvalue weighted by Gasteiger charge is -2.31. The lowest BCUT2D eigenvalue weighted by atomic mass is 10.0. The van der Waals surface area contributed by atoms with Gasteiger partial charge in [-0.2, -0.15) is 0 Å². The second-order valence-corrected chi connectivity index (χ2v) is 5.51. The summed E-state index contributed by atoms with van der Waals surface area (Å²) in [6.45, 7) is 1.82. The van der Waals surface area contributed by atoms with Gasteiger partial charge in [0.2, 0.25) is 0 Å². The number of likely N-dealkylation sites (N-methyl/N-ethyl adjacent to an activating group) is 2. The Labute approximate surface area is 148 Å². The van der Waals surface area contributed by atoms with E-state index in [1.54, 1.807) is 6.92 Å². The van der Waals surface area contributed by atoms with Gasteiger partial charge in [0.25, 0.3) is 17.5 Å². The molecule has 1 saturated heterocycles. The Kier molecular flexibility index (Phi) is 5.02. The molecule has 132 valence electrons. The van der Waals surface area contributed by atoms with Gasteiger partial charge in [0.05, 0.1) is 17.6 Å². The molecule has 1 aliphatic heterocycles. The number of hydrogen-bond donors (Lipinski definition) is 1. The Morgan fingerprint density at radius 3 is 2.32 bits per heavy atom. The average Bonchev–Trinajstić information content (AvgIpc) is 2.58. The molecule has 1 aromatic rings. The summed E-state index contributed by atoms with van der Waals surface area (Å²) in [4.78, 5) is 37.2. The predicted octanol–water partition coefficient (Wildman–Crippen LogP) is 1.30. The zero-order valence-electron chi connectivity index (χ0n) is 13.7. The van der Waals surface area contributed by atoms with Crippen LogP contribution in [0.25, 0.3) is 6.08 Å². The van der Waals surface area contributed by atoms with E-state index in [9.17, 15) is 24.8 Å². The summed E-state index contributed by atoms with van der Waals surface area (Å²) >= 11 is 4.98. The van der Waals surface area contributed by atoms with E-state index in [0.29, 0.717) is 0 Å². The molecule has 0 unspecified atom stereocenters. The second-order valence-electron chi connectivity index (χ2n) is 5.14. The fourth-order valence-electron chi connectivity index (χ4n) is 2.23. The van der Waals surface area contributed by atoms with Crippen LogP contribution in [0.4, 0.5) is 5.69 Å². The van der Waals surface area contributed by atoms with E-state index < -0.39 is 22.5 Å². The van der Waals surface area contributed by atoms with Gasteiger partial charge in [0.15, 0.2) is 16.6 Å². The molecular formula is C15H15N3O6S. The SMILES string of the molecule is CCOc1cc([N+](=O)[O-])cc(C=C2C(=O)N(C)C(=S)N(C)C2=O)c1O. The highest BCUT2D eigenvalue weighted by Gasteiger charge is 2.35. The summed E-state index contributed by atoms with van der Waals surface area (Å²) in [5.74, 6) is -1.86. The van der Waals surface area contributed by atoms with Crippen LogP contribution >= 0.6 is 12.2 Å². The van der Waals surface area contributed by atoms with Crippen LogP contribution in [0.1, 0.15) is 12.5 Å². The molecular weight excluding hydrogens is 350 g/mol. The van der Waals surface area contributed by atoms with Crippen molar-refractivity contribution in [2.45, 2.75) is 6.92 Å². The lowest BCUT2D eigenvalue weighted by molar-refractivity contribution is -0.385. The van der Waals surface area contributed by atoms with Gasteiger partial charge < -0.3 is 9.84 Å². The highest BCUT2D eigenvalue weighted by Crippen LogP contribution is 2.36. The number of nitrogens with zero attached hydrogens (tertiary/aromatic N) is 3. The average molecular weight is 365 g/mol. The number of nitro benzene ring substituents is 1. The number of aromatic hydroxyl groups is 1. The van der Waals surface area contributed by atoms with Crippen molar-refractivity contribution in [1.82, 2.24) is 9.80 Å². The first-order chi connectivity index (χ1) is 11.7. The third kappa shape index (κ3) is 3.29. The number of phenols is 1. The smallest absolute Gasteiger partial charge is 0.274 e. The van der Waals surface area contributed by atoms with E-state index in [0.717, 1.165) is 28.0 Å². The first kappa shape index (κ1) is 18.3. The van der Waals surface area contributed by atoms with Gasteiger partial charge in [-0.3, -0.25) is 29.5 Å². The maximum atomic E-state index is 12.3. The molecule has 0 spiro atoms. The van der Waals surface area contributed by atoms with Crippen molar-refractivity contribution in [3.8, 4) is 11.5 Å². The molecule has 1 N–H and O–H groups in total. The third-order valence-electron chi connectivity index (χ3n) is 3.54. The van der Waals surface area contributed by atoms with E-state index in [2.05, 4.69) is 0 Å². The van der Waals surface area contributed by atoms with Crippen molar-refractivity contribution >= 4 is 40.9 Å². The Morgan fingerprint density at radius 2 is 1.84 bits per heavy atom. The van der Waals surface area contributed by atoms with Crippen LogP contribution < -0.4 is 4.74 Å². The maximum absolute atomic E-state index is 12.3. The number of thiocarbonyl (C=S) groups is 1. The number of ether oxygens (including phenoxy) is 1. The summed E-state index contributed by atoms with van der Waals surface area (Å²) in [5, 5.41) is 21.3. The lowest BCUT2D eigenvalue weighted by Crippen LogP contribution is -2.52. The van der Waals surface area contributed by atoms with Gasteiger partial charge in [0.1, 0.15) is 5.57 Å². The molecule has 1 aliphatic rings. The molecule has 0 bridgehead atoms. The third-order valence-corrected chi connectivity index (χ3v) is 4.09. The van der Waals surface area contributed by atoms with Crippen LogP contribution in [0.15, 0.2) is 17.7 Å². The fourth-order valence-corrected chi connectivity index (χ4v) is 2.39. The van der Waals surface area contributed by atoms with Crippen LogP contribution in [0.2, 0.25) is 0 Å². The number of phenolic OH excluding ortho intramolecular Hbond substituents is 1. The summed E-state index contributed by atoms with van der Waals surface area (Å²) in [6, 6.07) is 2.12. The second kappa shape index (κ2) is 6.85. The van der Waals surface area contributed by atoms with E-state index in [1.165, 1.54) is 14.1 Å². The van der Waals surface area contributed by atoms with Crippen LogP contribution in [-0.4, -0.2) is 57.5 Å². The molecule has 0 radical (unpaired) electrons. The minimum absolute atomic E-state index is 0.0328. The van der Waals surface area contributed by atoms with Crippen molar-refractivity contribution in [1.29, 1.82) is 0 Å². The Bertz CT molecular complexity index is 794. The minimum Gasteiger partial charge on any atom is -0.504 e. The van der Waals surface area contributed by atoms with Gasteiger partial charge in [-0.05, 0) is 25.2 Å². The number of rotatable bonds is 4. The zero-order chi connectivity index (χ0) is 18.9. The van der Waals surface area contributed by atoms with Crippen LogP contribution in [0, 0.1) is 10.1 Å². The van der Waals surface area contributed by atoms with Crippen molar-refractivity contribution in [3.63, 3.8) is 0 Å². The first-order valence-corrected chi connectivity index (χ1v) is 7.55. The van der Waals surface area contributed by atoms with Crippen molar-refractivity contribution in [2.24, 2.45) is 0 Å². The number of amides is 2. The molecule has 10 heteroatoms. The van der Waals surface area contributed by atoms with E-state index in [1.807, 2.05) is 0 Å². The van der Waals surface area contributed by atoms with Crippen molar-refractivity contribution in [2.75, 3.05) is 20.7 Å². The monoisotopic (exact) mass is 365 g/mol. The maximum Gasteiger partial charge on any atom is 0.274 e. The highest BCUT2D eigenvalue weighted by atomic mass is 32.1. The van der Waals surface area contributed by atoms with Crippen LogP contribution in [0.5, 0.6) is 11.5 Å². The van der Waals surface area contributed by atoms with Crippen molar-refractivity contribution in [3.05, 3.63) is 33.4 Å². The van der Waals surface area contributed by atoms with E-state index in [4.69, 9.17) is 17.0 Å². The number of carbonyl (C=O) groups excluding carboxylic acids is 2. The van der Waals surface area contributed by atoms with Gasteiger partial charge >= 0.3 is 0 Å². The molecule has 2 amide bonds. The molecule has 1 heterocycles. The quantitative estimate of drug-likeness (QED) is 0.281. The number of carbonyl (C=O) groups is 2. The molecule has 0 saturated carbocycles. The zero-order valence-corrected chi connectivity index (χ0v) is 14.5. The summed E-state index contributed by atoms with van der Waals surface area (Å²) in [7, 11) is 2.81. The Morgan fingerprint density at radius 1 is 1.28 bits per heavy atom. The minimum atomic E-state index is -0.669. The van der Waals surface area contributed by atoms with E-state index >= 15 is 0 Å². The number of nitro groups is 1. The summed E-state index contributed by atoms with van der Waals surface area (Å²) < 4.78 is 5.18. The normalized spacial score (nSPS) is 14.8. The molecule has 0 atom stereocenters. The fraction of sp³-hybridized carbons (Fsp3) is 0.267. The van der Waals surface area contributed by atoms with E-state index in [-0.39, 0.29) is 34.3 Å². The molecule has 0 aromatic heterocycles. The molecule has 0 aliphatic carbocycles. The van der Waals surface area contributed by atoms with Gasteiger partial charge in [-0.25, -0.2) is 0 Å². The van der Waals surface area contributed by atoms with Crippen LogP contribution in [-0.2, 0) is 9.59 Å². The van der Waals surface area contributed by atoms with Crippen LogP contribution in [0.3, 0.4) is 0 Å².